The number of halogens is 1. The van der Waals surface area contributed by atoms with E-state index in [9.17, 15) is 5.11 Å². The molecule has 72 valence electrons. The van der Waals surface area contributed by atoms with Crippen LogP contribution in [-0.2, 0) is 6.42 Å². The largest absolute Gasteiger partial charge is 1.00 e. The fourth-order valence-electron chi connectivity index (χ4n) is 1.75. The summed E-state index contributed by atoms with van der Waals surface area (Å²) in [6.07, 6.45) is 1.07. The van der Waals surface area contributed by atoms with Gasteiger partial charge in [-0.3, -0.25) is 0 Å². The smallest absolute Gasteiger partial charge is 1.00 e. The lowest BCUT2D eigenvalue weighted by molar-refractivity contribution is -0.00000362. The number of nitrogens with one attached hydrogen (secondary N) is 1. The molecule has 1 aromatic rings. The molecular formula is C10H14BrNO. The average Bonchev–Trinajstić information content (AvgIpc) is 2.07. The third kappa shape index (κ3) is 2.03. The van der Waals surface area contributed by atoms with Gasteiger partial charge in [-0.05, 0) is 43.1 Å². The van der Waals surface area contributed by atoms with Gasteiger partial charge in [0.1, 0.15) is 5.75 Å². The van der Waals surface area contributed by atoms with Crippen LogP contribution < -0.4 is 22.3 Å². The van der Waals surface area contributed by atoms with Crippen LogP contribution in [0.4, 0.5) is 0 Å². The Labute approximate surface area is 90.2 Å². The van der Waals surface area contributed by atoms with Crippen LogP contribution in [0.3, 0.4) is 0 Å². The highest BCUT2D eigenvalue weighted by Crippen LogP contribution is 2.25. The first-order valence-electron chi connectivity index (χ1n) is 4.32. The molecule has 1 aromatic carbocycles. The number of benzene rings is 1. The van der Waals surface area contributed by atoms with Gasteiger partial charge in [-0.15, -0.1) is 0 Å². The molecule has 1 aliphatic rings. The molecule has 2 nitrogen and oxygen atoms in total. The molecule has 0 aliphatic carbocycles. The van der Waals surface area contributed by atoms with Crippen LogP contribution in [0.25, 0.3) is 0 Å². The fraction of sp³-hybridized carbons (Fsp3) is 0.400. The molecule has 0 saturated carbocycles. The molecule has 0 spiro atoms. The Morgan fingerprint density at radius 2 is 2.31 bits per heavy atom. The van der Waals surface area contributed by atoms with Crippen LogP contribution in [0.1, 0.15) is 25.5 Å². The lowest BCUT2D eigenvalue weighted by Crippen LogP contribution is -3.00. The van der Waals surface area contributed by atoms with Crippen LogP contribution in [0.5, 0.6) is 5.75 Å². The van der Waals surface area contributed by atoms with Crippen LogP contribution in [0, 0.1) is 0 Å². The molecule has 0 fully saturated rings. The fourth-order valence-corrected chi connectivity index (χ4v) is 1.75. The summed E-state index contributed by atoms with van der Waals surface area (Å²) >= 11 is 0. The Hall–Kier alpha value is -0.540. The highest BCUT2D eigenvalue weighted by atomic mass is 79.9. The first kappa shape index (κ1) is 10.5. The zero-order valence-corrected chi connectivity index (χ0v) is 9.13. The number of phenols is 1. The van der Waals surface area contributed by atoms with E-state index in [0.717, 1.165) is 13.0 Å². The van der Waals surface area contributed by atoms with E-state index < -0.39 is 0 Å². The molecule has 1 heterocycles. The zero-order valence-electron chi connectivity index (χ0n) is 8.55. The molecule has 0 amide bonds. The predicted molar refractivity (Wildman–Crippen MR) is 49.3 cm³/mol. The molecule has 0 radical (unpaired) electrons. The predicted octanol–water partition coefficient (Wildman–Crippen LogP) is -1.28. The third-order valence-corrected chi connectivity index (χ3v) is 2.44. The lowest BCUT2D eigenvalue weighted by Gasteiger charge is -2.23. The summed E-state index contributed by atoms with van der Waals surface area (Å²) in [5, 5.41) is 12.6. The molecule has 0 bridgehead atoms. The second-order valence-electron chi connectivity index (χ2n) is 3.31. The van der Waals surface area contributed by atoms with Crippen LogP contribution in [0.2, 0.25) is 0 Å². The van der Waals surface area contributed by atoms with Gasteiger partial charge in [0, 0.05) is 6.04 Å². The molecule has 2 N–H and O–H groups in total. The second-order valence-corrected chi connectivity index (χ2v) is 3.31. The van der Waals surface area contributed by atoms with Crippen molar-refractivity contribution >= 4 is 0 Å². The molecule has 1 aliphatic heterocycles. The minimum absolute atomic E-state index is 0. The first-order valence-corrected chi connectivity index (χ1v) is 4.32. The van der Waals surface area contributed by atoms with Crippen molar-refractivity contribution in [2.75, 3.05) is 6.54 Å². The van der Waals surface area contributed by atoms with Gasteiger partial charge < -0.3 is 27.4 Å². The number of aromatic hydroxyl groups is 1. The Morgan fingerprint density at radius 1 is 1.54 bits per heavy atom. The summed E-state index contributed by atoms with van der Waals surface area (Å²) < 4.78 is 0. The van der Waals surface area contributed by atoms with E-state index in [0.29, 0.717) is 11.8 Å². The van der Waals surface area contributed by atoms with E-state index in [1.165, 1.54) is 11.1 Å². The third-order valence-electron chi connectivity index (χ3n) is 2.44. The van der Waals surface area contributed by atoms with Gasteiger partial charge in [0.15, 0.2) is 0 Å². The quantitative estimate of drug-likeness (QED) is 0.595. The first-order chi connectivity index (χ1) is 5.77. The number of hydrogen-bond donors (Lipinski definition) is 2. The van der Waals surface area contributed by atoms with Crippen LogP contribution >= 0.6 is 0 Å². The molecule has 13 heavy (non-hydrogen) atoms. The normalized spacial score (nSPS) is 20.2. The van der Waals surface area contributed by atoms with Crippen molar-refractivity contribution in [3.8, 4) is 5.75 Å². The van der Waals surface area contributed by atoms with Crippen molar-refractivity contribution in [1.82, 2.24) is 5.32 Å². The molecule has 0 saturated heterocycles. The average molecular weight is 244 g/mol. The number of hydrogen-bond acceptors (Lipinski definition) is 2. The highest BCUT2D eigenvalue weighted by molar-refractivity contribution is 5.38. The maximum absolute atomic E-state index is 9.28. The number of rotatable bonds is 0. The van der Waals surface area contributed by atoms with Gasteiger partial charge in [0.2, 0.25) is 0 Å². The van der Waals surface area contributed by atoms with Crippen molar-refractivity contribution in [2.45, 2.75) is 19.4 Å². The Bertz CT molecular complexity index is 306. The lowest BCUT2D eigenvalue weighted by atomic mass is 9.95. The van der Waals surface area contributed by atoms with E-state index in [1.54, 1.807) is 6.07 Å². The van der Waals surface area contributed by atoms with Gasteiger partial charge in [-0.25, -0.2) is 0 Å². The standard InChI is InChI=1S/C10H13NO.BrH/c1-7-10-6-9(12)3-2-8(10)4-5-11-7;/h2-3,6-7,11-12H,4-5H2,1H3;1H. The summed E-state index contributed by atoms with van der Waals surface area (Å²) in [6, 6.07) is 6.01. The second kappa shape index (κ2) is 4.11. The SMILES string of the molecule is CC1NCCc2ccc(O)cc21.[Br-].[H+]. The van der Waals surface area contributed by atoms with E-state index >= 15 is 0 Å². The summed E-state index contributed by atoms with van der Waals surface area (Å²) in [4.78, 5) is 0. The molecule has 0 aromatic heterocycles. The van der Waals surface area contributed by atoms with Gasteiger partial charge in [0.05, 0.1) is 0 Å². The topological polar surface area (TPSA) is 32.3 Å². The minimum atomic E-state index is 0. The Morgan fingerprint density at radius 3 is 3.08 bits per heavy atom. The summed E-state index contributed by atoms with van der Waals surface area (Å²) in [5.74, 6) is 0.365. The summed E-state index contributed by atoms with van der Waals surface area (Å²) in [6.45, 7) is 3.16. The molecule has 1 unspecified atom stereocenters. The number of fused-ring (bicyclic) bond motifs is 1. The molecular weight excluding hydrogens is 230 g/mol. The van der Waals surface area contributed by atoms with E-state index in [4.69, 9.17) is 0 Å². The van der Waals surface area contributed by atoms with Crippen LogP contribution in [0.15, 0.2) is 18.2 Å². The van der Waals surface area contributed by atoms with Crippen LogP contribution in [-0.4, -0.2) is 11.7 Å². The Kier molecular flexibility index (Phi) is 3.33. The zero-order chi connectivity index (χ0) is 8.55. The van der Waals surface area contributed by atoms with Gasteiger partial charge in [-0.1, -0.05) is 6.07 Å². The van der Waals surface area contributed by atoms with Gasteiger partial charge in [-0.2, -0.15) is 0 Å². The molecule has 1 atom stereocenters. The number of phenolic OH excluding ortho intramolecular Hbond substituents is 1. The van der Waals surface area contributed by atoms with Gasteiger partial charge in [0.25, 0.3) is 0 Å². The summed E-state index contributed by atoms with van der Waals surface area (Å²) in [7, 11) is 0. The molecule has 3 heteroatoms. The monoisotopic (exact) mass is 243 g/mol. The van der Waals surface area contributed by atoms with Crippen molar-refractivity contribution < 1.29 is 23.5 Å². The maximum atomic E-state index is 9.28. The van der Waals surface area contributed by atoms with E-state index in [2.05, 4.69) is 12.2 Å². The van der Waals surface area contributed by atoms with Gasteiger partial charge >= 0.3 is 1.43 Å². The molecule has 2 rings (SSSR count). The van der Waals surface area contributed by atoms with Crippen molar-refractivity contribution in [3.63, 3.8) is 0 Å². The van der Waals surface area contributed by atoms with E-state index in [-0.39, 0.29) is 18.4 Å². The van der Waals surface area contributed by atoms with E-state index in [1.807, 2.05) is 12.1 Å². The van der Waals surface area contributed by atoms with Crippen molar-refractivity contribution in [2.24, 2.45) is 0 Å². The van der Waals surface area contributed by atoms with Crippen molar-refractivity contribution in [1.29, 1.82) is 0 Å². The highest BCUT2D eigenvalue weighted by Gasteiger charge is 2.15. The maximum Gasteiger partial charge on any atom is 1.00 e. The minimum Gasteiger partial charge on any atom is -1.00 e. The Balaban J connectivity index is 0.000000845. The van der Waals surface area contributed by atoms with Crippen molar-refractivity contribution in [3.05, 3.63) is 29.3 Å². The summed E-state index contributed by atoms with van der Waals surface area (Å²) in [5.41, 5.74) is 2.60.